The SMILES string of the molecule is Cc1ccc2c(-c3ccc(Cl)cc3)c(N)nc(N)c2c1. The number of benzene rings is 2. The van der Waals surface area contributed by atoms with Gasteiger partial charge in [-0.15, -0.1) is 0 Å². The van der Waals surface area contributed by atoms with Crippen molar-refractivity contribution in [3.8, 4) is 11.1 Å². The molecule has 3 nitrogen and oxygen atoms in total. The minimum atomic E-state index is 0.432. The Hall–Kier alpha value is -2.26. The zero-order chi connectivity index (χ0) is 14.3. The van der Waals surface area contributed by atoms with Crippen LogP contribution in [0.25, 0.3) is 21.9 Å². The predicted molar refractivity (Wildman–Crippen MR) is 85.8 cm³/mol. The molecule has 1 heterocycles. The molecule has 0 fully saturated rings. The normalized spacial score (nSPS) is 10.9. The van der Waals surface area contributed by atoms with Crippen molar-refractivity contribution in [2.45, 2.75) is 6.92 Å². The molecule has 0 amide bonds. The van der Waals surface area contributed by atoms with Gasteiger partial charge in [-0.3, -0.25) is 0 Å². The molecule has 2 aromatic carbocycles. The van der Waals surface area contributed by atoms with Crippen LogP contribution in [0.5, 0.6) is 0 Å². The van der Waals surface area contributed by atoms with Crippen LogP contribution in [0.15, 0.2) is 42.5 Å². The minimum Gasteiger partial charge on any atom is -0.383 e. The largest absolute Gasteiger partial charge is 0.383 e. The molecule has 0 saturated carbocycles. The third-order valence-corrected chi connectivity index (χ3v) is 3.60. The van der Waals surface area contributed by atoms with Gasteiger partial charge in [0.2, 0.25) is 0 Å². The smallest absolute Gasteiger partial charge is 0.134 e. The van der Waals surface area contributed by atoms with Crippen LogP contribution in [0, 0.1) is 6.92 Å². The lowest BCUT2D eigenvalue weighted by atomic mass is 9.98. The van der Waals surface area contributed by atoms with E-state index in [1.54, 1.807) is 0 Å². The molecular formula is C16H14ClN3. The maximum Gasteiger partial charge on any atom is 0.134 e. The monoisotopic (exact) mass is 283 g/mol. The molecule has 100 valence electrons. The number of fused-ring (bicyclic) bond motifs is 1. The first-order valence-corrected chi connectivity index (χ1v) is 6.65. The molecule has 1 aromatic heterocycles. The van der Waals surface area contributed by atoms with Crippen molar-refractivity contribution >= 4 is 34.0 Å². The Labute approximate surface area is 122 Å². The van der Waals surface area contributed by atoms with E-state index in [0.717, 1.165) is 27.5 Å². The van der Waals surface area contributed by atoms with E-state index in [0.29, 0.717) is 16.7 Å². The van der Waals surface area contributed by atoms with E-state index in [1.807, 2.05) is 49.4 Å². The van der Waals surface area contributed by atoms with E-state index in [2.05, 4.69) is 4.98 Å². The maximum absolute atomic E-state index is 6.07. The Bertz CT molecular complexity index is 795. The van der Waals surface area contributed by atoms with Crippen molar-refractivity contribution in [3.05, 3.63) is 53.1 Å². The quantitative estimate of drug-likeness (QED) is 0.709. The number of aryl methyl sites for hydroxylation is 1. The average molecular weight is 284 g/mol. The van der Waals surface area contributed by atoms with E-state index in [4.69, 9.17) is 23.1 Å². The molecule has 0 atom stereocenters. The van der Waals surface area contributed by atoms with Gasteiger partial charge < -0.3 is 11.5 Å². The van der Waals surface area contributed by atoms with Crippen LogP contribution in [0.3, 0.4) is 0 Å². The van der Waals surface area contributed by atoms with Gasteiger partial charge in [-0.05, 0) is 36.1 Å². The number of hydrogen-bond acceptors (Lipinski definition) is 3. The number of halogens is 1. The molecule has 0 bridgehead atoms. The number of nitrogen functional groups attached to an aromatic ring is 2. The van der Waals surface area contributed by atoms with Gasteiger partial charge in [-0.2, -0.15) is 0 Å². The van der Waals surface area contributed by atoms with E-state index in [1.165, 1.54) is 0 Å². The number of pyridine rings is 1. The van der Waals surface area contributed by atoms with Crippen molar-refractivity contribution in [3.63, 3.8) is 0 Å². The van der Waals surface area contributed by atoms with Crippen molar-refractivity contribution in [1.29, 1.82) is 0 Å². The fourth-order valence-corrected chi connectivity index (χ4v) is 2.52. The minimum absolute atomic E-state index is 0.432. The first-order chi connectivity index (χ1) is 9.56. The number of hydrogen-bond donors (Lipinski definition) is 2. The van der Waals surface area contributed by atoms with Crippen LogP contribution >= 0.6 is 11.6 Å². The molecular weight excluding hydrogens is 270 g/mol. The zero-order valence-electron chi connectivity index (χ0n) is 11.0. The number of aromatic nitrogens is 1. The molecule has 4 N–H and O–H groups in total. The second-order valence-corrected chi connectivity index (χ2v) is 5.25. The molecule has 3 rings (SSSR count). The average Bonchev–Trinajstić information content (AvgIpc) is 2.41. The molecule has 4 heteroatoms. The summed E-state index contributed by atoms with van der Waals surface area (Å²) in [7, 11) is 0. The summed E-state index contributed by atoms with van der Waals surface area (Å²) >= 11 is 5.94. The van der Waals surface area contributed by atoms with Gasteiger partial charge in [0.1, 0.15) is 11.6 Å². The number of nitrogens with zero attached hydrogens (tertiary/aromatic N) is 1. The van der Waals surface area contributed by atoms with Crippen molar-refractivity contribution in [2.75, 3.05) is 11.5 Å². The van der Waals surface area contributed by atoms with Gasteiger partial charge in [0.15, 0.2) is 0 Å². The third kappa shape index (κ3) is 2.06. The number of anilines is 2. The zero-order valence-corrected chi connectivity index (χ0v) is 11.8. The molecule has 0 saturated heterocycles. The van der Waals surface area contributed by atoms with Crippen LogP contribution in [0.2, 0.25) is 5.02 Å². The van der Waals surface area contributed by atoms with Gasteiger partial charge in [0.25, 0.3) is 0 Å². The number of rotatable bonds is 1. The topological polar surface area (TPSA) is 64.9 Å². The van der Waals surface area contributed by atoms with E-state index < -0.39 is 0 Å². The molecule has 20 heavy (non-hydrogen) atoms. The highest BCUT2D eigenvalue weighted by Gasteiger charge is 2.12. The first-order valence-electron chi connectivity index (χ1n) is 6.27. The van der Waals surface area contributed by atoms with Gasteiger partial charge in [0.05, 0.1) is 0 Å². The van der Waals surface area contributed by atoms with Gasteiger partial charge in [-0.25, -0.2) is 4.98 Å². The summed E-state index contributed by atoms with van der Waals surface area (Å²) in [5, 5.41) is 2.61. The Morgan fingerprint density at radius 3 is 2.30 bits per heavy atom. The molecule has 0 aliphatic carbocycles. The lowest BCUT2D eigenvalue weighted by molar-refractivity contribution is 1.36. The van der Waals surface area contributed by atoms with Gasteiger partial charge in [-0.1, -0.05) is 41.4 Å². The first kappa shape index (κ1) is 12.8. The van der Waals surface area contributed by atoms with Crippen LogP contribution in [-0.2, 0) is 0 Å². The Balaban J connectivity index is 2.37. The fourth-order valence-electron chi connectivity index (χ4n) is 2.39. The highest BCUT2D eigenvalue weighted by atomic mass is 35.5. The highest BCUT2D eigenvalue weighted by molar-refractivity contribution is 6.30. The summed E-state index contributed by atoms with van der Waals surface area (Å²) in [5.41, 5.74) is 15.1. The molecule has 0 aliphatic rings. The molecule has 3 aromatic rings. The summed E-state index contributed by atoms with van der Waals surface area (Å²) in [5.74, 6) is 0.889. The lowest BCUT2D eigenvalue weighted by Crippen LogP contribution is -2.01. The fraction of sp³-hybridized carbons (Fsp3) is 0.0625. The predicted octanol–water partition coefficient (Wildman–Crippen LogP) is 4.03. The van der Waals surface area contributed by atoms with Gasteiger partial charge in [0, 0.05) is 16.0 Å². The summed E-state index contributed by atoms with van der Waals surface area (Å²) in [4.78, 5) is 4.26. The second kappa shape index (κ2) is 4.69. The number of nitrogens with two attached hydrogens (primary N) is 2. The molecule has 0 spiro atoms. The van der Waals surface area contributed by atoms with Crippen LogP contribution in [-0.4, -0.2) is 4.98 Å². The van der Waals surface area contributed by atoms with Gasteiger partial charge >= 0.3 is 0 Å². The van der Waals surface area contributed by atoms with E-state index in [-0.39, 0.29) is 0 Å². The van der Waals surface area contributed by atoms with Crippen LogP contribution in [0.1, 0.15) is 5.56 Å². The standard InChI is InChI=1S/C16H14ClN3/c1-9-2-7-12-13(8-9)15(18)20-16(19)14(12)10-3-5-11(17)6-4-10/h2-8H,1H3,(H4,18,19,20). The summed E-state index contributed by atoms with van der Waals surface area (Å²) in [6.07, 6.45) is 0. The Morgan fingerprint density at radius 1 is 0.900 bits per heavy atom. The van der Waals surface area contributed by atoms with E-state index in [9.17, 15) is 0 Å². The molecule has 0 unspecified atom stereocenters. The maximum atomic E-state index is 6.07. The molecule has 0 radical (unpaired) electrons. The Morgan fingerprint density at radius 2 is 1.60 bits per heavy atom. The van der Waals surface area contributed by atoms with Crippen molar-refractivity contribution in [2.24, 2.45) is 0 Å². The van der Waals surface area contributed by atoms with Crippen LogP contribution in [0.4, 0.5) is 11.6 Å². The van der Waals surface area contributed by atoms with Crippen molar-refractivity contribution < 1.29 is 0 Å². The Kier molecular flexibility index (Phi) is 2.99. The second-order valence-electron chi connectivity index (χ2n) is 4.81. The van der Waals surface area contributed by atoms with E-state index >= 15 is 0 Å². The summed E-state index contributed by atoms with van der Waals surface area (Å²) < 4.78 is 0. The highest BCUT2D eigenvalue weighted by Crippen LogP contribution is 2.35. The lowest BCUT2D eigenvalue weighted by Gasteiger charge is -2.12. The van der Waals surface area contributed by atoms with Crippen LogP contribution < -0.4 is 11.5 Å². The molecule has 0 aliphatic heterocycles. The van der Waals surface area contributed by atoms with Crippen molar-refractivity contribution in [1.82, 2.24) is 4.98 Å². The summed E-state index contributed by atoms with van der Waals surface area (Å²) in [6.45, 7) is 2.03. The third-order valence-electron chi connectivity index (χ3n) is 3.35. The summed E-state index contributed by atoms with van der Waals surface area (Å²) in [6, 6.07) is 13.6.